The van der Waals surface area contributed by atoms with Crippen molar-refractivity contribution in [3.8, 4) is 0 Å². The summed E-state index contributed by atoms with van der Waals surface area (Å²) >= 11 is 1.77. The third-order valence-corrected chi connectivity index (χ3v) is 7.26. The van der Waals surface area contributed by atoms with Crippen molar-refractivity contribution in [2.75, 3.05) is 38.5 Å². The van der Waals surface area contributed by atoms with E-state index in [0.717, 1.165) is 19.6 Å². The van der Waals surface area contributed by atoms with Gasteiger partial charge in [0.15, 0.2) is 0 Å². The van der Waals surface area contributed by atoms with Crippen molar-refractivity contribution in [2.24, 2.45) is 5.92 Å². The Bertz CT molecular complexity index is 574. The van der Waals surface area contributed by atoms with Gasteiger partial charge in [0, 0.05) is 43.5 Å². The Morgan fingerprint density at radius 3 is 2.95 bits per heavy atom. The lowest BCUT2D eigenvalue weighted by Gasteiger charge is -2.22. The second-order valence-corrected chi connectivity index (χ2v) is 9.24. The minimum absolute atomic E-state index is 0.0555. The summed E-state index contributed by atoms with van der Waals surface area (Å²) in [6.07, 6.45) is 0.722. The molecule has 124 valence electrons. The summed E-state index contributed by atoms with van der Waals surface area (Å²) in [5.74, 6) is 0.528. The van der Waals surface area contributed by atoms with E-state index in [1.165, 1.54) is 4.88 Å². The summed E-state index contributed by atoms with van der Waals surface area (Å²) in [5.41, 5.74) is 0. The Morgan fingerprint density at radius 2 is 2.23 bits per heavy atom. The maximum absolute atomic E-state index is 12.3. The van der Waals surface area contributed by atoms with Crippen molar-refractivity contribution >= 4 is 21.4 Å². The second-order valence-electron chi connectivity index (χ2n) is 6.12. The highest BCUT2D eigenvalue weighted by Gasteiger charge is 2.40. The first-order chi connectivity index (χ1) is 10.6. The molecule has 0 amide bonds. The van der Waals surface area contributed by atoms with Gasteiger partial charge >= 0.3 is 0 Å². The zero-order valence-corrected chi connectivity index (χ0v) is 14.6. The van der Waals surface area contributed by atoms with Crippen molar-refractivity contribution in [1.29, 1.82) is 0 Å². The number of thiophene rings is 1. The highest BCUT2D eigenvalue weighted by atomic mass is 32.2. The van der Waals surface area contributed by atoms with Crippen molar-refractivity contribution in [2.45, 2.75) is 26.0 Å². The molecule has 0 aromatic carbocycles. The zero-order chi connectivity index (χ0) is 15.6. The molecule has 1 aromatic heterocycles. The normalized spacial score (nSPS) is 27.7. The van der Waals surface area contributed by atoms with E-state index in [2.05, 4.69) is 22.4 Å². The fourth-order valence-corrected chi connectivity index (χ4v) is 5.62. The Hall–Kier alpha value is -0.470. The number of rotatable bonds is 5. The summed E-state index contributed by atoms with van der Waals surface area (Å²) < 4.78 is 32.1. The summed E-state index contributed by atoms with van der Waals surface area (Å²) in [6, 6.07) is 4.23. The molecule has 7 heteroatoms. The third-order valence-electron chi connectivity index (χ3n) is 4.39. The Labute approximate surface area is 136 Å². The van der Waals surface area contributed by atoms with Gasteiger partial charge in [-0.05, 0) is 17.9 Å². The lowest BCUT2D eigenvalue weighted by Crippen LogP contribution is -2.34. The van der Waals surface area contributed by atoms with Crippen LogP contribution in [-0.4, -0.2) is 62.3 Å². The van der Waals surface area contributed by atoms with E-state index in [1.807, 2.05) is 6.92 Å². The van der Waals surface area contributed by atoms with Crippen molar-refractivity contribution in [1.82, 2.24) is 9.21 Å². The van der Waals surface area contributed by atoms with Crippen LogP contribution in [0.1, 0.15) is 18.2 Å². The maximum atomic E-state index is 12.3. The van der Waals surface area contributed by atoms with Crippen LogP contribution in [0.15, 0.2) is 17.5 Å². The van der Waals surface area contributed by atoms with Gasteiger partial charge < -0.3 is 4.74 Å². The molecule has 2 aliphatic heterocycles. The topological polar surface area (TPSA) is 49.9 Å². The minimum Gasteiger partial charge on any atom is -0.375 e. The van der Waals surface area contributed by atoms with E-state index in [1.54, 1.807) is 15.6 Å². The Morgan fingerprint density at radius 1 is 1.36 bits per heavy atom. The average molecular weight is 345 g/mol. The number of ether oxygens (including phenoxy) is 1. The molecule has 2 atom stereocenters. The standard InChI is InChI=1S/C15H24N2O3S2/c1-2-8-22(18,19)17-10-13-9-16(5-6-20-15(13)12-17)11-14-4-3-7-21-14/h3-4,7,13,15H,2,5-6,8-12H2,1H3/t13-,15+/m0/s1. The molecule has 1 aromatic rings. The van der Waals surface area contributed by atoms with Gasteiger partial charge in [-0.1, -0.05) is 13.0 Å². The van der Waals surface area contributed by atoms with Crippen molar-refractivity contribution in [3.05, 3.63) is 22.4 Å². The van der Waals surface area contributed by atoms with Gasteiger partial charge in [0.1, 0.15) is 0 Å². The van der Waals surface area contributed by atoms with E-state index in [-0.39, 0.29) is 17.8 Å². The minimum atomic E-state index is -3.11. The zero-order valence-electron chi connectivity index (χ0n) is 13.0. The molecule has 2 aliphatic rings. The monoisotopic (exact) mass is 344 g/mol. The second kappa shape index (κ2) is 6.97. The summed E-state index contributed by atoms with van der Waals surface area (Å²) in [4.78, 5) is 3.75. The molecule has 5 nitrogen and oxygen atoms in total. The van der Waals surface area contributed by atoms with Crippen LogP contribution in [0.4, 0.5) is 0 Å². The molecule has 0 radical (unpaired) electrons. The predicted octanol–water partition coefficient (Wildman–Crippen LogP) is 1.62. The van der Waals surface area contributed by atoms with Crippen LogP contribution >= 0.6 is 11.3 Å². The average Bonchev–Trinajstić information content (AvgIpc) is 3.06. The molecule has 2 saturated heterocycles. The molecular formula is C15H24N2O3S2. The number of hydrogen-bond donors (Lipinski definition) is 0. The molecule has 0 spiro atoms. The highest BCUT2D eigenvalue weighted by molar-refractivity contribution is 7.89. The van der Waals surface area contributed by atoms with Gasteiger partial charge in [-0.2, -0.15) is 4.31 Å². The molecule has 3 rings (SSSR count). The fourth-order valence-electron chi connectivity index (χ4n) is 3.30. The SMILES string of the molecule is CCCS(=O)(=O)N1C[C@@H]2CN(Cc3cccs3)CCO[C@@H]2C1. The first kappa shape index (κ1) is 16.4. The van der Waals surface area contributed by atoms with Crippen LogP contribution in [0.3, 0.4) is 0 Å². The molecule has 22 heavy (non-hydrogen) atoms. The molecule has 2 fully saturated rings. The van der Waals surface area contributed by atoms with E-state index in [9.17, 15) is 8.42 Å². The van der Waals surface area contributed by atoms with E-state index >= 15 is 0 Å². The lowest BCUT2D eigenvalue weighted by molar-refractivity contribution is 0.0546. The van der Waals surface area contributed by atoms with Gasteiger partial charge in [-0.25, -0.2) is 8.42 Å². The van der Waals surface area contributed by atoms with E-state index < -0.39 is 10.0 Å². The summed E-state index contributed by atoms with van der Waals surface area (Å²) in [7, 11) is -3.11. The number of fused-ring (bicyclic) bond motifs is 1. The van der Waals surface area contributed by atoms with Gasteiger partial charge in [-0.3, -0.25) is 4.90 Å². The molecular weight excluding hydrogens is 320 g/mol. The van der Waals surface area contributed by atoms with Crippen molar-refractivity contribution in [3.63, 3.8) is 0 Å². The van der Waals surface area contributed by atoms with Crippen LogP contribution < -0.4 is 0 Å². The Kier molecular flexibility index (Phi) is 5.19. The van der Waals surface area contributed by atoms with Crippen LogP contribution in [-0.2, 0) is 21.3 Å². The van der Waals surface area contributed by atoms with Crippen LogP contribution in [0.5, 0.6) is 0 Å². The smallest absolute Gasteiger partial charge is 0.214 e. The molecule has 0 bridgehead atoms. The van der Waals surface area contributed by atoms with Gasteiger partial charge in [0.2, 0.25) is 10.0 Å². The molecule has 0 unspecified atom stereocenters. The molecule has 0 N–H and O–H groups in total. The van der Waals surface area contributed by atoms with Crippen LogP contribution in [0.25, 0.3) is 0 Å². The molecule has 3 heterocycles. The summed E-state index contributed by atoms with van der Waals surface area (Å²) in [5, 5.41) is 2.10. The number of hydrogen-bond acceptors (Lipinski definition) is 5. The fraction of sp³-hybridized carbons (Fsp3) is 0.733. The molecule has 0 aliphatic carbocycles. The number of sulfonamides is 1. The third kappa shape index (κ3) is 3.71. The number of nitrogens with zero attached hydrogens (tertiary/aromatic N) is 2. The molecule has 0 saturated carbocycles. The Balaban J connectivity index is 1.64. The van der Waals surface area contributed by atoms with Crippen LogP contribution in [0.2, 0.25) is 0 Å². The van der Waals surface area contributed by atoms with Gasteiger partial charge in [0.25, 0.3) is 0 Å². The quantitative estimate of drug-likeness (QED) is 0.814. The first-order valence-electron chi connectivity index (χ1n) is 7.92. The summed E-state index contributed by atoms with van der Waals surface area (Å²) in [6.45, 7) is 6.51. The first-order valence-corrected chi connectivity index (χ1v) is 10.4. The van der Waals surface area contributed by atoms with Crippen molar-refractivity contribution < 1.29 is 13.2 Å². The van der Waals surface area contributed by atoms with E-state index in [4.69, 9.17) is 4.74 Å². The highest BCUT2D eigenvalue weighted by Crippen LogP contribution is 2.27. The predicted molar refractivity (Wildman–Crippen MR) is 88.5 cm³/mol. The largest absolute Gasteiger partial charge is 0.375 e. The van der Waals surface area contributed by atoms with Gasteiger partial charge in [0.05, 0.1) is 18.5 Å². The maximum Gasteiger partial charge on any atom is 0.214 e. The van der Waals surface area contributed by atoms with Crippen LogP contribution in [0, 0.1) is 5.92 Å². The van der Waals surface area contributed by atoms with E-state index in [0.29, 0.717) is 26.1 Å². The van der Waals surface area contributed by atoms with Gasteiger partial charge in [-0.15, -0.1) is 11.3 Å². The lowest BCUT2D eigenvalue weighted by atomic mass is 10.1.